The van der Waals surface area contributed by atoms with Crippen molar-refractivity contribution in [2.45, 2.75) is 97.9 Å². The number of carbonyl (C=O) groups excluding carboxylic acids is 5. The summed E-state index contributed by atoms with van der Waals surface area (Å²) in [6, 6.07) is 0. The second-order valence-corrected chi connectivity index (χ2v) is 11.1. The van der Waals surface area contributed by atoms with Crippen LogP contribution < -0.4 is 5.32 Å². The Hall–Kier alpha value is -3.29. The maximum atomic E-state index is 11.8. The number of allylic oxidation sites excluding steroid dienone is 2. The van der Waals surface area contributed by atoms with Crippen LogP contribution in [0.25, 0.3) is 0 Å². The van der Waals surface area contributed by atoms with E-state index in [9.17, 15) is 24.0 Å². The number of hydrogen-bond acceptors (Lipinski definition) is 13. The Bertz CT molecular complexity index is 972. The van der Waals surface area contributed by atoms with E-state index in [1.807, 2.05) is 6.20 Å². The molecule has 4 heterocycles. The third-order valence-electron chi connectivity index (χ3n) is 6.10. The molecule has 0 aliphatic carbocycles. The molecule has 4 saturated heterocycles. The largest absolute Gasteiger partial charge is 0.423 e. The van der Waals surface area contributed by atoms with Crippen LogP contribution in [0.2, 0.25) is 0 Å². The minimum absolute atomic E-state index is 0.0187. The summed E-state index contributed by atoms with van der Waals surface area (Å²) in [5.74, 6) is -4.48. The predicted octanol–water partition coefficient (Wildman–Crippen LogP) is 2.92. The van der Waals surface area contributed by atoms with Crippen LogP contribution in [0.5, 0.6) is 0 Å². The molecule has 0 aromatic heterocycles. The second kappa shape index (κ2) is 18.4. The van der Waals surface area contributed by atoms with Crippen LogP contribution in [0.4, 0.5) is 0 Å². The quantitative estimate of drug-likeness (QED) is 0.154. The maximum Gasteiger partial charge on any atom is 0.349 e. The fraction of sp³-hybridized carbons (Fsp3) is 0.700. The Morgan fingerprint density at radius 3 is 1.65 bits per heavy atom. The first-order valence-electron chi connectivity index (χ1n) is 14.4. The van der Waals surface area contributed by atoms with E-state index in [-0.39, 0.29) is 24.1 Å². The topological polar surface area (TPSA) is 156 Å². The standard InChI is InChI=1S/C14H19NO4.C6H8O4.C6H12O3.C4H9N/c1-10(6-9-15-7-4-5-8-15)11-12(16)18-14(2,3)19-13(11)17;1-6(2)9-4(7)3-5(8)10-6;1-5(7)4-6(8-2)9-3;1-2-4-5-3-1/h6,9H,4-5,7-8H2,1-3H3;3H2,1-2H3;6H,4H2,1-3H3;5H,1-4H2/b9-6+;;;. The highest BCUT2D eigenvalue weighted by atomic mass is 16.7. The van der Waals surface area contributed by atoms with Crippen molar-refractivity contribution in [2.24, 2.45) is 0 Å². The lowest BCUT2D eigenvalue weighted by Gasteiger charge is -2.30. The van der Waals surface area contributed by atoms with E-state index in [2.05, 4.69) is 19.7 Å². The van der Waals surface area contributed by atoms with Crippen LogP contribution in [0.3, 0.4) is 0 Å². The number of nitrogens with zero attached hydrogens (tertiary/aromatic N) is 1. The highest BCUT2D eigenvalue weighted by Crippen LogP contribution is 2.25. The summed E-state index contributed by atoms with van der Waals surface area (Å²) in [5, 5.41) is 3.22. The zero-order valence-electron chi connectivity index (χ0n) is 26.7. The molecule has 13 nitrogen and oxygen atoms in total. The van der Waals surface area contributed by atoms with Crippen LogP contribution in [0.1, 0.15) is 80.1 Å². The van der Waals surface area contributed by atoms with Gasteiger partial charge in [0.1, 0.15) is 17.8 Å². The third-order valence-corrected chi connectivity index (χ3v) is 6.10. The number of esters is 4. The van der Waals surface area contributed by atoms with Gasteiger partial charge >= 0.3 is 23.9 Å². The number of methoxy groups -OCH3 is 2. The van der Waals surface area contributed by atoms with E-state index < -0.39 is 35.5 Å². The molecule has 0 amide bonds. The number of ketones is 1. The number of nitrogens with one attached hydrogen (secondary N) is 1. The normalized spacial score (nSPS) is 20.4. The lowest BCUT2D eigenvalue weighted by atomic mass is 10.1. The maximum absolute atomic E-state index is 11.8. The first kappa shape index (κ1) is 37.7. The Balaban J connectivity index is 0.000000323. The molecular formula is C30H48N2O11. The molecule has 244 valence electrons. The van der Waals surface area contributed by atoms with Crippen molar-refractivity contribution in [3.63, 3.8) is 0 Å². The third kappa shape index (κ3) is 15.7. The number of carbonyl (C=O) groups is 5. The molecule has 4 rings (SSSR count). The number of Topliss-reactive ketones (excluding diaryl/α,β-unsaturated/α-hetero) is 1. The van der Waals surface area contributed by atoms with Gasteiger partial charge in [-0.05, 0) is 70.5 Å². The van der Waals surface area contributed by atoms with E-state index in [1.165, 1.54) is 87.6 Å². The molecule has 0 unspecified atom stereocenters. The molecular weight excluding hydrogens is 564 g/mol. The zero-order valence-corrected chi connectivity index (χ0v) is 26.7. The van der Waals surface area contributed by atoms with Gasteiger partial charge in [0.2, 0.25) is 0 Å². The summed E-state index contributed by atoms with van der Waals surface area (Å²) in [7, 11) is 3.02. The number of ether oxygens (including phenoxy) is 6. The van der Waals surface area contributed by atoms with Crippen LogP contribution in [-0.2, 0) is 52.4 Å². The van der Waals surface area contributed by atoms with Gasteiger partial charge in [0.25, 0.3) is 11.6 Å². The average Bonchev–Trinajstić information content (AvgIpc) is 3.61. The number of hydrogen-bond donors (Lipinski definition) is 1. The SMILES string of the molecule is C1CCNC1.CC(/C=C/N1CCCC1)=C1C(=O)OC(C)(C)OC1=O.CC1(C)OC(=O)CC(=O)O1.COC(CC(C)=O)OC. The van der Waals surface area contributed by atoms with Crippen LogP contribution in [0, 0.1) is 0 Å². The first-order chi connectivity index (χ1) is 20.1. The van der Waals surface area contributed by atoms with Crippen molar-refractivity contribution in [3.8, 4) is 0 Å². The second-order valence-electron chi connectivity index (χ2n) is 11.1. The highest BCUT2D eigenvalue weighted by Gasteiger charge is 2.39. The first-order valence-corrected chi connectivity index (χ1v) is 14.4. The van der Waals surface area contributed by atoms with Crippen molar-refractivity contribution in [1.29, 1.82) is 0 Å². The lowest BCUT2D eigenvalue weighted by molar-refractivity contribution is -0.231. The molecule has 4 fully saturated rings. The van der Waals surface area contributed by atoms with Crippen LogP contribution in [0.15, 0.2) is 23.4 Å². The molecule has 1 N–H and O–H groups in total. The highest BCUT2D eigenvalue weighted by molar-refractivity contribution is 6.16. The number of rotatable bonds is 6. The van der Waals surface area contributed by atoms with Crippen molar-refractivity contribution in [2.75, 3.05) is 40.4 Å². The molecule has 0 aromatic rings. The molecule has 4 aliphatic heterocycles. The van der Waals surface area contributed by atoms with Gasteiger partial charge < -0.3 is 38.6 Å². The summed E-state index contributed by atoms with van der Waals surface area (Å²) < 4.78 is 29.0. The molecule has 13 heteroatoms. The van der Waals surface area contributed by atoms with Crippen molar-refractivity contribution in [3.05, 3.63) is 23.4 Å². The summed E-state index contributed by atoms with van der Waals surface area (Å²) >= 11 is 0. The monoisotopic (exact) mass is 612 g/mol. The molecule has 0 atom stereocenters. The van der Waals surface area contributed by atoms with Crippen molar-refractivity contribution < 1.29 is 52.4 Å². The van der Waals surface area contributed by atoms with E-state index >= 15 is 0 Å². The van der Waals surface area contributed by atoms with E-state index in [4.69, 9.17) is 18.9 Å². The lowest BCUT2D eigenvalue weighted by Crippen LogP contribution is -2.42. The smallest absolute Gasteiger partial charge is 0.349 e. The molecule has 0 spiro atoms. The van der Waals surface area contributed by atoms with Gasteiger partial charge in [-0.15, -0.1) is 0 Å². The zero-order chi connectivity index (χ0) is 32.6. The molecule has 0 bridgehead atoms. The Kier molecular flexibility index (Phi) is 16.1. The van der Waals surface area contributed by atoms with Gasteiger partial charge in [-0.3, -0.25) is 14.4 Å². The van der Waals surface area contributed by atoms with Gasteiger partial charge in [-0.1, -0.05) is 0 Å². The number of likely N-dealkylation sites (tertiary alicyclic amines) is 1. The van der Waals surface area contributed by atoms with E-state index in [0.29, 0.717) is 12.0 Å². The fourth-order valence-corrected chi connectivity index (χ4v) is 4.05. The van der Waals surface area contributed by atoms with Crippen molar-refractivity contribution in [1.82, 2.24) is 10.2 Å². The van der Waals surface area contributed by atoms with Gasteiger partial charge in [0, 0.05) is 55.0 Å². The van der Waals surface area contributed by atoms with E-state index in [1.54, 1.807) is 13.0 Å². The Morgan fingerprint density at radius 2 is 1.30 bits per heavy atom. The minimum Gasteiger partial charge on any atom is -0.423 e. The van der Waals surface area contributed by atoms with Gasteiger partial charge in [0.05, 0.1) is 6.42 Å². The van der Waals surface area contributed by atoms with E-state index in [0.717, 1.165) is 13.1 Å². The van der Waals surface area contributed by atoms with Gasteiger partial charge in [0.15, 0.2) is 6.29 Å². The molecule has 43 heavy (non-hydrogen) atoms. The molecule has 0 radical (unpaired) electrons. The van der Waals surface area contributed by atoms with Gasteiger partial charge in [-0.25, -0.2) is 9.59 Å². The average molecular weight is 613 g/mol. The predicted molar refractivity (Wildman–Crippen MR) is 155 cm³/mol. The summed E-state index contributed by atoms with van der Waals surface area (Å²) in [6.45, 7) is 13.9. The Morgan fingerprint density at radius 1 is 0.837 bits per heavy atom. The van der Waals surface area contributed by atoms with Crippen molar-refractivity contribution >= 4 is 29.7 Å². The fourth-order valence-electron chi connectivity index (χ4n) is 4.05. The van der Waals surface area contributed by atoms with Gasteiger partial charge in [-0.2, -0.15) is 0 Å². The minimum atomic E-state index is -1.18. The van der Waals surface area contributed by atoms with Crippen LogP contribution >= 0.6 is 0 Å². The summed E-state index contributed by atoms with van der Waals surface area (Å²) in [6.07, 6.45) is 8.49. The molecule has 0 aromatic carbocycles. The molecule has 4 aliphatic rings. The van der Waals surface area contributed by atoms with Crippen LogP contribution in [-0.4, -0.2) is 92.8 Å². The Labute approximate surface area is 254 Å². The molecule has 0 saturated carbocycles. The summed E-state index contributed by atoms with van der Waals surface area (Å²) in [5.41, 5.74) is 0.548. The summed E-state index contributed by atoms with van der Waals surface area (Å²) in [4.78, 5) is 57.4. The number of cyclic esters (lactones) is 4.